The molecule has 0 saturated heterocycles. The van der Waals surface area contributed by atoms with E-state index < -0.39 is 0 Å². The van der Waals surface area contributed by atoms with Crippen molar-refractivity contribution in [1.29, 1.82) is 0 Å². The van der Waals surface area contributed by atoms with Gasteiger partial charge in [-0.05, 0) is 67.9 Å². The molecule has 0 heterocycles. The molecular formula is C26H34O3. The standard InChI is InChI=1S/C26H34O3/c1-3-4-5-7-10-20(2)29-26(27)24-14-13-23-18-25(16-15-22(23)17-24)28-19-21-11-8-6-9-12-21/h6,8-9,11-12,15-16,18,20,24H,3-5,7,10,13-14,17,19H2,1-2H3/t20-,24?/m0/s1. The molecule has 0 fully saturated rings. The molecule has 0 aliphatic heterocycles. The number of esters is 1. The highest BCUT2D eigenvalue weighted by atomic mass is 16.5. The van der Waals surface area contributed by atoms with Crippen LogP contribution >= 0.6 is 0 Å². The normalized spacial score (nSPS) is 16.7. The molecular weight excluding hydrogens is 360 g/mol. The number of hydrogen-bond donors (Lipinski definition) is 0. The lowest BCUT2D eigenvalue weighted by atomic mass is 9.84. The van der Waals surface area contributed by atoms with E-state index in [9.17, 15) is 4.79 Å². The lowest BCUT2D eigenvalue weighted by Crippen LogP contribution is -2.27. The molecule has 3 rings (SSSR count). The van der Waals surface area contributed by atoms with Gasteiger partial charge in [0.2, 0.25) is 0 Å². The highest BCUT2D eigenvalue weighted by Crippen LogP contribution is 2.30. The summed E-state index contributed by atoms with van der Waals surface area (Å²) in [7, 11) is 0. The fourth-order valence-electron chi connectivity index (χ4n) is 3.98. The molecule has 1 aliphatic carbocycles. The minimum atomic E-state index is -0.0250. The van der Waals surface area contributed by atoms with Crippen LogP contribution in [0.1, 0.15) is 69.1 Å². The summed E-state index contributed by atoms with van der Waals surface area (Å²) in [5, 5.41) is 0. The van der Waals surface area contributed by atoms with Gasteiger partial charge in [-0.1, -0.05) is 62.6 Å². The molecule has 2 aromatic carbocycles. The molecule has 1 aliphatic rings. The Kier molecular flexibility index (Phi) is 8.15. The number of aryl methyl sites for hydroxylation is 1. The van der Waals surface area contributed by atoms with Crippen LogP contribution < -0.4 is 4.74 Å². The smallest absolute Gasteiger partial charge is 0.309 e. The van der Waals surface area contributed by atoms with Crippen LogP contribution in [0, 0.1) is 5.92 Å². The topological polar surface area (TPSA) is 35.5 Å². The maximum absolute atomic E-state index is 12.6. The van der Waals surface area contributed by atoms with Crippen LogP contribution in [0.2, 0.25) is 0 Å². The quantitative estimate of drug-likeness (QED) is 0.352. The Bertz CT molecular complexity index is 769. The first kappa shape index (κ1) is 21.4. The summed E-state index contributed by atoms with van der Waals surface area (Å²) < 4.78 is 11.7. The van der Waals surface area contributed by atoms with E-state index >= 15 is 0 Å². The fourth-order valence-corrected chi connectivity index (χ4v) is 3.98. The highest BCUT2D eigenvalue weighted by Gasteiger charge is 2.27. The first-order valence-corrected chi connectivity index (χ1v) is 11.1. The maximum Gasteiger partial charge on any atom is 0.309 e. The lowest BCUT2D eigenvalue weighted by molar-refractivity contribution is -0.154. The third-order valence-corrected chi connectivity index (χ3v) is 5.77. The summed E-state index contributed by atoms with van der Waals surface area (Å²) in [6.45, 7) is 4.81. The summed E-state index contributed by atoms with van der Waals surface area (Å²) in [5.41, 5.74) is 3.71. The first-order valence-electron chi connectivity index (χ1n) is 11.1. The second kappa shape index (κ2) is 11.0. The van der Waals surface area contributed by atoms with Crippen LogP contribution in [0.3, 0.4) is 0 Å². The summed E-state index contributed by atoms with van der Waals surface area (Å²) >= 11 is 0. The zero-order chi connectivity index (χ0) is 20.5. The van der Waals surface area contributed by atoms with E-state index in [0.717, 1.165) is 43.4 Å². The number of fused-ring (bicyclic) bond motifs is 1. The highest BCUT2D eigenvalue weighted by molar-refractivity contribution is 5.73. The number of benzene rings is 2. The average molecular weight is 395 g/mol. The van der Waals surface area contributed by atoms with Gasteiger partial charge in [-0.25, -0.2) is 0 Å². The second-order valence-corrected chi connectivity index (χ2v) is 8.24. The van der Waals surface area contributed by atoms with E-state index in [1.807, 2.05) is 31.2 Å². The van der Waals surface area contributed by atoms with Gasteiger partial charge in [0.25, 0.3) is 0 Å². The van der Waals surface area contributed by atoms with Gasteiger partial charge in [0.1, 0.15) is 12.4 Å². The maximum atomic E-state index is 12.6. The number of rotatable bonds is 10. The summed E-state index contributed by atoms with van der Waals surface area (Å²) in [4.78, 5) is 12.6. The Labute approximate surface area is 175 Å². The molecule has 0 bridgehead atoms. The van der Waals surface area contributed by atoms with E-state index in [1.165, 1.54) is 30.4 Å². The van der Waals surface area contributed by atoms with Crippen molar-refractivity contribution in [2.45, 2.75) is 77.9 Å². The van der Waals surface area contributed by atoms with Crippen molar-refractivity contribution in [2.75, 3.05) is 0 Å². The van der Waals surface area contributed by atoms with E-state index in [4.69, 9.17) is 9.47 Å². The first-order chi connectivity index (χ1) is 14.2. The van der Waals surface area contributed by atoms with E-state index in [0.29, 0.717) is 6.61 Å². The zero-order valence-electron chi connectivity index (χ0n) is 17.9. The summed E-state index contributed by atoms with van der Waals surface area (Å²) in [6.07, 6.45) is 8.39. The number of carbonyl (C=O) groups excluding carboxylic acids is 1. The van der Waals surface area contributed by atoms with Gasteiger partial charge in [-0.2, -0.15) is 0 Å². The largest absolute Gasteiger partial charge is 0.489 e. The molecule has 0 amide bonds. The number of carbonyl (C=O) groups is 1. The molecule has 0 aromatic heterocycles. The van der Waals surface area contributed by atoms with E-state index in [-0.39, 0.29) is 18.0 Å². The van der Waals surface area contributed by atoms with Gasteiger partial charge in [0.15, 0.2) is 0 Å². The minimum absolute atomic E-state index is 0.0170. The fraction of sp³-hybridized carbons (Fsp3) is 0.500. The SMILES string of the molecule is CCCCCC[C@H](C)OC(=O)C1CCc2cc(OCc3ccccc3)ccc2C1. The van der Waals surface area contributed by atoms with Gasteiger partial charge in [-0.15, -0.1) is 0 Å². The molecule has 1 unspecified atom stereocenters. The van der Waals surface area contributed by atoms with Crippen molar-refractivity contribution in [3.8, 4) is 5.75 Å². The van der Waals surface area contributed by atoms with Crippen LogP contribution in [-0.2, 0) is 29.0 Å². The minimum Gasteiger partial charge on any atom is -0.489 e. The molecule has 2 atom stereocenters. The van der Waals surface area contributed by atoms with Gasteiger partial charge < -0.3 is 9.47 Å². The van der Waals surface area contributed by atoms with Crippen LogP contribution in [0.5, 0.6) is 5.75 Å². The monoisotopic (exact) mass is 394 g/mol. The Morgan fingerprint density at radius 3 is 2.69 bits per heavy atom. The predicted molar refractivity (Wildman–Crippen MR) is 117 cm³/mol. The molecule has 2 aromatic rings. The molecule has 0 N–H and O–H groups in total. The predicted octanol–water partition coefficient (Wildman–Crippen LogP) is 6.27. The van der Waals surface area contributed by atoms with Gasteiger partial charge in [0, 0.05) is 0 Å². The van der Waals surface area contributed by atoms with Crippen molar-refractivity contribution in [3.05, 3.63) is 65.2 Å². The van der Waals surface area contributed by atoms with Crippen LogP contribution in [-0.4, -0.2) is 12.1 Å². The molecule has 156 valence electrons. The van der Waals surface area contributed by atoms with Gasteiger partial charge >= 0.3 is 5.97 Å². The number of hydrogen-bond acceptors (Lipinski definition) is 3. The van der Waals surface area contributed by atoms with Crippen molar-refractivity contribution >= 4 is 5.97 Å². The Hall–Kier alpha value is -2.29. The molecule has 0 radical (unpaired) electrons. The summed E-state index contributed by atoms with van der Waals surface area (Å²) in [6, 6.07) is 16.5. The Morgan fingerprint density at radius 2 is 1.90 bits per heavy atom. The summed E-state index contributed by atoms with van der Waals surface area (Å²) in [5.74, 6) is 0.856. The van der Waals surface area contributed by atoms with Gasteiger partial charge in [-0.3, -0.25) is 4.79 Å². The van der Waals surface area contributed by atoms with Gasteiger partial charge in [0.05, 0.1) is 12.0 Å². The Balaban J connectivity index is 1.48. The molecule has 0 saturated carbocycles. The molecule has 3 nitrogen and oxygen atoms in total. The average Bonchev–Trinajstić information content (AvgIpc) is 2.75. The second-order valence-electron chi connectivity index (χ2n) is 8.24. The number of unbranched alkanes of at least 4 members (excludes halogenated alkanes) is 3. The zero-order valence-corrected chi connectivity index (χ0v) is 17.9. The third kappa shape index (κ3) is 6.62. The van der Waals surface area contributed by atoms with Crippen LogP contribution in [0.25, 0.3) is 0 Å². The van der Waals surface area contributed by atoms with Crippen LogP contribution in [0.4, 0.5) is 0 Å². The van der Waals surface area contributed by atoms with Crippen molar-refractivity contribution in [3.63, 3.8) is 0 Å². The Morgan fingerprint density at radius 1 is 1.07 bits per heavy atom. The molecule has 0 spiro atoms. The van der Waals surface area contributed by atoms with Crippen molar-refractivity contribution < 1.29 is 14.3 Å². The van der Waals surface area contributed by atoms with E-state index in [1.54, 1.807) is 0 Å². The van der Waals surface area contributed by atoms with Crippen molar-refractivity contribution in [2.24, 2.45) is 5.92 Å². The number of ether oxygens (including phenoxy) is 2. The van der Waals surface area contributed by atoms with E-state index in [2.05, 4.69) is 31.2 Å². The third-order valence-electron chi connectivity index (χ3n) is 5.77. The molecule has 3 heteroatoms. The lowest BCUT2D eigenvalue weighted by Gasteiger charge is -2.25. The van der Waals surface area contributed by atoms with Crippen LogP contribution in [0.15, 0.2) is 48.5 Å². The van der Waals surface area contributed by atoms with Crippen molar-refractivity contribution in [1.82, 2.24) is 0 Å². The molecule has 29 heavy (non-hydrogen) atoms.